The van der Waals surface area contributed by atoms with E-state index < -0.39 is 8.07 Å². The molecular weight excluding hydrogens is 215 g/mol. The van der Waals surface area contributed by atoms with Crippen LogP contribution in [0.15, 0.2) is 17.4 Å². The summed E-state index contributed by atoms with van der Waals surface area (Å²) < 4.78 is 11.5. The Balaban J connectivity index is 2.65. The Bertz CT molecular complexity index is 301. The first-order valence-electron chi connectivity index (χ1n) is 5.95. The summed E-state index contributed by atoms with van der Waals surface area (Å²) in [6, 6.07) is 0. The molecule has 0 N–H and O–H groups in total. The van der Waals surface area contributed by atoms with Gasteiger partial charge < -0.3 is 9.31 Å². The van der Waals surface area contributed by atoms with Crippen molar-refractivity contribution in [2.45, 2.75) is 58.5 Å². The van der Waals surface area contributed by atoms with E-state index in [1.807, 2.05) is 5.98 Å². The zero-order valence-corrected chi connectivity index (χ0v) is 12.3. The molecule has 16 heavy (non-hydrogen) atoms. The lowest BCUT2D eigenvalue weighted by atomic mass is 9.83. The Morgan fingerprint density at radius 1 is 1.38 bits per heavy atom. The fourth-order valence-electron chi connectivity index (χ4n) is 1.81. The molecule has 0 amide bonds. The van der Waals surface area contributed by atoms with Gasteiger partial charge in [0.2, 0.25) is 0 Å². The van der Waals surface area contributed by atoms with E-state index in [-0.39, 0.29) is 18.8 Å². The van der Waals surface area contributed by atoms with E-state index in [1.165, 1.54) is 0 Å². The fraction of sp³-hybridized carbons (Fsp3) is 0.750. The minimum atomic E-state index is -1.17. The van der Waals surface area contributed by atoms with Gasteiger partial charge in [0.05, 0.1) is 13.7 Å². The van der Waals surface area contributed by atoms with Gasteiger partial charge in [0.15, 0.2) is 0 Å². The maximum absolute atomic E-state index is 5.81. The van der Waals surface area contributed by atoms with Crippen LogP contribution in [0.5, 0.6) is 0 Å². The molecule has 1 rings (SSSR count). The summed E-state index contributed by atoms with van der Waals surface area (Å²) in [5.74, 6) is 1.90. The second-order valence-corrected chi connectivity index (χ2v) is 11.3. The van der Waals surface area contributed by atoms with Crippen molar-refractivity contribution in [2.75, 3.05) is 0 Å². The molecule has 4 heteroatoms. The lowest BCUT2D eigenvalue weighted by Gasteiger charge is -2.37. The van der Waals surface area contributed by atoms with E-state index in [9.17, 15) is 0 Å². The first-order valence-corrected chi connectivity index (χ1v) is 9.53. The maximum atomic E-state index is 5.81. The molecule has 0 aromatic heterocycles. The van der Waals surface area contributed by atoms with Crippen molar-refractivity contribution < 1.29 is 9.31 Å². The van der Waals surface area contributed by atoms with Crippen molar-refractivity contribution in [3.05, 3.63) is 17.4 Å². The average Bonchev–Trinajstić information content (AvgIpc) is 1.96. The molecule has 1 aliphatic rings. The van der Waals surface area contributed by atoms with Crippen LogP contribution >= 0.6 is 0 Å². The molecule has 0 bridgehead atoms. The molecule has 2 nitrogen and oxygen atoms in total. The van der Waals surface area contributed by atoms with Gasteiger partial charge in [-0.05, 0) is 33.2 Å². The molecule has 0 aromatic rings. The topological polar surface area (TPSA) is 18.5 Å². The minimum absolute atomic E-state index is 0.0975. The van der Waals surface area contributed by atoms with Crippen LogP contribution in [0.3, 0.4) is 0 Å². The quantitative estimate of drug-likeness (QED) is 0.543. The normalized spacial score (nSPS) is 24.9. The molecule has 1 fully saturated rings. The second kappa shape index (κ2) is 4.93. The lowest BCUT2D eigenvalue weighted by Crippen LogP contribution is -2.44. The first kappa shape index (κ1) is 13.8. The fourth-order valence-corrected chi connectivity index (χ4v) is 2.41. The number of hydrogen-bond acceptors (Lipinski definition) is 2. The van der Waals surface area contributed by atoms with Crippen molar-refractivity contribution in [1.29, 1.82) is 0 Å². The molecular formula is C12H23BO2Si. The van der Waals surface area contributed by atoms with Crippen LogP contribution in [-0.2, 0) is 9.31 Å². The number of hydrogen-bond donors (Lipinski definition) is 0. The summed E-state index contributed by atoms with van der Waals surface area (Å²) in [5, 5.41) is 0. The van der Waals surface area contributed by atoms with Crippen molar-refractivity contribution in [3.8, 4) is 0 Å². The molecule has 1 saturated heterocycles. The highest BCUT2D eigenvalue weighted by atomic mass is 28.3. The van der Waals surface area contributed by atoms with Gasteiger partial charge in [-0.25, -0.2) is 0 Å². The second-order valence-electron chi connectivity index (χ2n) is 6.24. The molecule has 0 aromatic carbocycles. The van der Waals surface area contributed by atoms with Gasteiger partial charge >= 0.3 is 7.12 Å². The van der Waals surface area contributed by atoms with Crippen LogP contribution in [-0.4, -0.2) is 26.9 Å². The summed E-state index contributed by atoms with van der Waals surface area (Å²) in [7, 11) is -1.42. The highest BCUT2D eigenvalue weighted by Crippen LogP contribution is 2.25. The molecule has 0 saturated carbocycles. The molecule has 0 radical (unpaired) electrons. The zero-order chi connectivity index (χ0) is 12.4. The van der Waals surface area contributed by atoms with Crippen molar-refractivity contribution in [2.24, 2.45) is 0 Å². The largest absolute Gasteiger partial charge is 0.494 e. The first-order chi connectivity index (χ1) is 7.18. The van der Waals surface area contributed by atoms with Gasteiger partial charge in [0.25, 0.3) is 0 Å². The number of rotatable bonds is 2. The van der Waals surface area contributed by atoms with E-state index in [1.54, 1.807) is 0 Å². The van der Waals surface area contributed by atoms with Crippen LogP contribution in [0, 0.1) is 0 Å². The molecule has 0 spiro atoms. The van der Waals surface area contributed by atoms with Crippen molar-refractivity contribution in [3.63, 3.8) is 0 Å². The van der Waals surface area contributed by atoms with E-state index in [4.69, 9.17) is 9.31 Å². The van der Waals surface area contributed by atoms with Gasteiger partial charge in [-0.15, -0.1) is 5.73 Å². The Kier molecular flexibility index (Phi) is 4.24. The van der Waals surface area contributed by atoms with Crippen LogP contribution in [0.25, 0.3) is 0 Å². The molecule has 1 heterocycles. The van der Waals surface area contributed by atoms with Gasteiger partial charge in [0, 0.05) is 6.10 Å². The summed E-state index contributed by atoms with van der Waals surface area (Å²) in [4.78, 5) is 0. The molecule has 90 valence electrons. The van der Waals surface area contributed by atoms with E-state index in [0.717, 1.165) is 6.42 Å². The Labute approximate surface area is 101 Å². The zero-order valence-electron chi connectivity index (χ0n) is 11.3. The summed E-state index contributed by atoms with van der Waals surface area (Å²) in [6.45, 7) is 13.1. The summed E-state index contributed by atoms with van der Waals surface area (Å²) >= 11 is 0. The standard InChI is InChI=1S/C12H23BO2Si/c1-11-10-12(2,3)15-13(14-11)8-7-9-16(4,5)6/h8-9,11H,10H2,1-6H3. The van der Waals surface area contributed by atoms with Crippen LogP contribution in [0.4, 0.5) is 0 Å². The Hall–Kier alpha value is -0.278. The average molecular weight is 238 g/mol. The van der Waals surface area contributed by atoms with E-state index >= 15 is 0 Å². The highest BCUT2D eigenvalue weighted by molar-refractivity contribution is 6.80. The minimum Gasteiger partial charge on any atom is -0.405 e. The summed E-state index contributed by atoms with van der Waals surface area (Å²) in [5.41, 5.74) is 5.29. The lowest BCUT2D eigenvalue weighted by molar-refractivity contribution is -0.0236. The predicted molar refractivity (Wildman–Crippen MR) is 72.1 cm³/mol. The van der Waals surface area contributed by atoms with Gasteiger partial charge in [-0.1, -0.05) is 25.3 Å². The third kappa shape index (κ3) is 5.17. The van der Waals surface area contributed by atoms with Gasteiger partial charge in [0.1, 0.15) is 0 Å². The van der Waals surface area contributed by atoms with E-state index in [0.29, 0.717) is 0 Å². The van der Waals surface area contributed by atoms with E-state index in [2.05, 4.69) is 51.8 Å². The van der Waals surface area contributed by atoms with Gasteiger partial charge in [-0.2, -0.15) is 0 Å². The molecule has 1 aliphatic heterocycles. The smallest absolute Gasteiger partial charge is 0.405 e. The highest BCUT2D eigenvalue weighted by Gasteiger charge is 2.35. The third-order valence-electron chi connectivity index (χ3n) is 2.33. The van der Waals surface area contributed by atoms with Crippen molar-refractivity contribution >= 4 is 15.2 Å². The molecule has 1 atom stereocenters. The molecule has 1 unspecified atom stereocenters. The Morgan fingerprint density at radius 3 is 2.50 bits per heavy atom. The Morgan fingerprint density at radius 2 is 2.00 bits per heavy atom. The van der Waals surface area contributed by atoms with Crippen LogP contribution in [0.2, 0.25) is 19.6 Å². The van der Waals surface area contributed by atoms with Crippen LogP contribution < -0.4 is 0 Å². The predicted octanol–water partition coefficient (Wildman–Crippen LogP) is 3.21. The van der Waals surface area contributed by atoms with Gasteiger partial charge in [-0.3, -0.25) is 0 Å². The maximum Gasteiger partial charge on any atom is 0.494 e. The molecule has 0 aliphatic carbocycles. The van der Waals surface area contributed by atoms with Crippen molar-refractivity contribution in [1.82, 2.24) is 0 Å². The third-order valence-corrected chi connectivity index (χ3v) is 3.36. The SMILES string of the molecule is CC1CC(C)(C)OB(C=C=C[Si](C)(C)C)O1. The van der Waals surface area contributed by atoms with Crippen LogP contribution in [0.1, 0.15) is 27.2 Å². The summed E-state index contributed by atoms with van der Waals surface area (Å²) in [6.07, 6.45) is 1.19. The monoisotopic (exact) mass is 238 g/mol.